The van der Waals surface area contributed by atoms with Crippen LogP contribution in [-0.2, 0) is 4.79 Å². The number of halogens is 2. The minimum Gasteiger partial charge on any atom is -0.396 e. The van der Waals surface area contributed by atoms with Crippen molar-refractivity contribution < 1.29 is 18.7 Å². The van der Waals surface area contributed by atoms with Crippen molar-refractivity contribution in [1.82, 2.24) is 10.2 Å². The van der Waals surface area contributed by atoms with E-state index in [2.05, 4.69) is 10.2 Å². The number of aliphatic hydroxyl groups excluding tert-OH is 1. The molecule has 2 fully saturated rings. The van der Waals surface area contributed by atoms with Crippen molar-refractivity contribution >= 4 is 5.91 Å². The van der Waals surface area contributed by atoms with Gasteiger partial charge in [-0.25, -0.2) is 8.78 Å². The molecule has 1 aliphatic carbocycles. The van der Waals surface area contributed by atoms with Gasteiger partial charge in [-0.3, -0.25) is 4.79 Å². The third-order valence-corrected chi connectivity index (χ3v) is 4.10. The minimum absolute atomic E-state index is 0.0560. The zero-order valence-electron chi connectivity index (χ0n) is 11.1. The number of hydrogen-bond donors (Lipinski definition) is 2. The van der Waals surface area contributed by atoms with E-state index in [1.54, 1.807) is 0 Å². The summed E-state index contributed by atoms with van der Waals surface area (Å²) in [6, 6.07) is 0. The predicted molar refractivity (Wildman–Crippen MR) is 66.9 cm³/mol. The summed E-state index contributed by atoms with van der Waals surface area (Å²) < 4.78 is 25.3. The van der Waals surface area contributed by atoms with Crippen LogP contribution in [0.1, 0.15) is 25.7 Å². The molecule has 1 saturated heterocycles. The number of rotatable bonds is 6. The van der Waals surface area contributed by atoms with Gasteiger partial charge in [-0.1, -0.05) is 0 Å². The normalized spacial score (nSPS) is 27.2. The van der Waals surface area contributed by atoms with Crippen molar-refractivity contribution in [2.75, 3.05) is 32.8 Å². The van der Waals surface area contributed by atoms with Crippen LogP contribution in [0.5, 0.6) is 0 Å². The van der Waals surface area contributed by atoms with E-state index in [0.29, 0.717) is 12.5 Å². The van der Waals surface area contributed by atoms with Gasteiger partial charge >= 0.3 is 0 Å². The molecule has 6 heteroatoms. The third-order valence-electron chi connectivity index (χ3n) is 4.10. The van der Waals surface area contributed by atoms with Crippen molar-refractivity contribution in [2.24, 2.45) is 11.8 Å². The molecule has 19 heavy (non-hydrogen) atoms. The molecule has 0 aromatic carbocycles. The molecule has 2 aliphatic rings. The Kier molecular flexibility index (Phi) is 4.73. The first-order chi connectivity index (χ1) is 9.01. The summed E-state index contributed by atoms with van der Waals surface area (Å²) in [7, 11) is 0. The zero-order chi connectivity index (χ0) is 13.9. The SMILES string of the molecule is O=C(CC1CC1(F)F)NCCN1CCC(CO)CC1. The Labute approximate surface area is 112 Å². The minimum atomic E-state index is -2.61. The number of hydrogen-bond acceptors (Lipinski definition) is 3. The summed E-state index contributed by atoms with van der Waals surface area (Å²) in [5.74, 6) is -3.22. The Morgan fingerprint density at radius 3 is 2.53 bits per heavy atom. The quantitative estimate of drug-likeness (QED) is 0.756. The van der Waals surface area contributed by atoms with Crippen molar-refractivity contribution in [3.63, 3.8) is 0 Å². The van der Waals surface area contributed by atoms with Gasteiger partial charge in [0.25, 0.3) is 5.92 Å². The fourth-order valence-corrected chi connectivity index (χ4v) is 2.53. The molecule has 1 atom stereocenters. The van der Waals surface area contributed by atoms with Crippen molar-refractivity contribution in [2.45, 2.75) is 31.6 Å². The lowest BCUT2D eigenvalue weighted by Crippen LogP contribution is -2.40. The van der Waals surface area contributed by atoms with Crippen LogP contribution in [-0.4, -0.2) is 54.6 Å². The van der Waals surface area contributed by atoms with Gasteiger partial charge in [0.1, 0.15) is 0 Å². The zero-order valence-corrected chi connectivity index (χ0v) is 11.1. The molecular formula is C13H22F2N2O2. The number of alkyl halides is 2. The number of likely N-dealkylation sites (tertiary alicyclic amines) is 1. The molecule has 0 aromatic rings. The Morgan fingerprint density at radius 2 is 2.00 bits per heavy atom. The Hall–Kier alpha value is -0.750. The maximum Gasteiger partial charge on any atom is 0.252 e. The molecule has 1 unspecified atom stereocenters. The van der Waals surface area contributed by atoms with Gasteiger partial charge in [0, 0.05) is 38.5 Å². The van der Waals surface area contributed by atoms with Gasteiger partial charge in [0.15, 0.2) is 0 Å². The number of aliphatic hydroxyl groups is 1. The maximum atomic E-state index is 12.6. The molecule has 0 aromatic heterocycles. The molecule has 4 nitrogen and oxygen atoms in total. The first-order valence-corrected chi connectivity index (χ1v) is 6.99. The highest BCUT2D eigenvalue weighted by Crippen LogP contribution is 2.50. The average Bonchev–Trinajstić information content (AvgIpc) is 2.97. The highest BCUT2D eigenvalue weighted by atomic mass is 19.3. The fourth-order valence-electron chi connectivity index (χ4n) is 2.53. The number of carbonyl (C=O) groups is 1. The highest BCUT2D eigenvalue weighted by molar-refractivity contribution is 5.76. The topological polar surface area (TPSA) is 52.6 Å². The van der Waals surface area contributed by atoms with Crippen LogP contribution in [0.15, 0.2) is 0 Å². The maximum absolute atomic E-state index is 12.6. The molecule has 1 aliphatic heterocycles. The van der Waals surface area contributed by atoms with E-state index in [4.69, 9.17) is 5.11 Å². The Bertz CT molecular complexity index is 318. The van der Waals surface area contributed by atoms with Crippen LogP contribution >= 0.6 is 0 Å². The highest BCUT2D eigenvalue weighted by Gasteiger charge is 2.57. The fraction of sp³-hybridized carbons (Fsp3) is 0.923. The van der Waals surface area contributed by atoms with Gasteiger partial charge in [0.05, 0.1) is 0 Å². The van der Waals surface area contributed by atoms with Gasteiger partial charge in [0.2, 0.25) is 5.91 Å². The van der Waals surface area contributed by atoms with Crippen LogP contribution < -0.4 is 5.32 Å². The molecule has 0 bridgehead atoms. The lowest BCUT2D eigenvalue weighted by Gasteiger charge is -2.30. The standard InChI is InChI=1S/C13H22F2N2O2/c14-13(15)8-11(13)7-12(19)16-3-6-17-4-1-10(9-18)2-5-17/h10-11,18H,1-9H2,(H,16,19). The van der Waals surface area contributed by atoms with Gasteiger partial charge in [-0.05, 0) is 31.8 Å². The number of carbonyl (C=O) groups excluding carboxylic acids is 1. The summed E-state index contributed by atoms with van der Waals surface area (Å²) in [6.07, 6.45) is 1.77. The predicted octanol–water partition coefficient (Wildman–Crippen LogP) is 0.852. The molecule has 2 N–H and O–H groups in total. The van der Waals surface area contributed by atoms with E-state index in [0.717, 1.165) is 32.5 Å². The second-order valence-corrected chi connectivity index (χ2v) is 5.68. The van der Waals surface area contributed by atoms with Gasteiger partial charge < -0.3 is 15.3 Å². The third kappa shape index (κ3) is 4.38. The van der Waals surface area contributed by atoms with Gasteiger partial charge in [-0.2, -0.15) is 0 Å². The lowest BCUT2D eigenvalue weighted by atomic mass is 9.98. The van der Waals surface area contributed by atoms with E-state index < -0.39 is 11.8 Å². The molecule has 0 radical (unpaired) electrons. The van der Waals surface area contributed by atoms with E-state index in [1.807, 2.05) is 0 Å². The molecular weight excluding hydrogens is 254 g/mol. The second kappa shape index (κ2) is 6.13. The molecule has 0 spiro atoms. The molecule has 1 saturated carbocycles. The Morgan fingerprint density at radius 1 is 1.37 bits per heavy atom. The first-order valence-electron chi connectivity index (χ1n) is 6.99. The Balaban J connectivity index is 1.53. The molecule has 2 rings (SSSR count). The number of amides is 1. The van der Waals surface area contributed by atoms with Crippen LogP contribution in [0.25, 0.3) is 0 Å². The molecule has 110 valence electrons. The van der Waals surface area contributed by atoms with E-state index >= 15 is 0 Å². The van der Waals surface area contributed by atoms with E-state index in [1.165, 1.54) is 0 Å². The lowest BCUT2D eigenvalue weighted by molar-refractivity contribution is -0.122. The van der Waals surface area contributed by atoms with Crippen LogP contribution in [0.4, 0.5) is 8.78 Å². The van der Waals surface area contributed by atoms with Crippen LogP contribution in [0.3, 0.4) is 0 Å². The number of nitrogens with zero attached hydrogens (tertiary/aromatic N) is 1. The summed E-state index contributed by atoms with van der Waals surface area (Å²) in [5.41, 5.74) is 0. The monoisotopic (exact) mass is 276 g/mol. The van der Waals surface area contributed by atoms with E-state index in [9.17, 15) is 13.6 Å². The average molecular weight is 276 g/mol. The molecule has 1 amide bonds. The summed E-state index contributed by atoms with van der Waals surface area (Å²) in [5, 5.41) is 11.7. The number of piperidine rings is 1. The van der Waals surface area contributed by atoms with Crippen molar-refractivity contribution in [3.05, 3.63) is 0 Å². The largest absolute Gasteiger partial charge is 0.396 e. The first kappa shape index (κ1) is 14.7. The summed E-state index contributed by atoms with van der Waals surface area (Å²) in [6.45, 7) is 3.38. The smallest absolute Gasteiger partial charge is 0.252 e. The summed E-state index contributed by atoms with van der Waals surface area (Å²) >= 11 is 0. The second-order valence-electron chi connectivity index (χ2n) is 5.68. The van der Waals surface area contributed by atoms with E-state index in [-0.39, 0.29) is 25.4 Å². The van der Waals surface area contributed by atoms with Crippen LogP contribution in [0.2, 0.25) is 0 Å². The summed E-state index contributed by atoms with van der Waals surface area (Å²) in [4.78, 5) is 13.7. The van der Waals surface area contributed by atoms with Crippen LogP contribution in [0, 0.1) is 11.8 Å². The molecule has 1 heterocycles. The van der Waals surface area contributed by atoms with Gasteiger partial charge in [-0.15, -0.1) is 0 Å². The van der Waals surface area contributed by atoms with Crippen molar-refractivity contribution in [1.29, 1.82) is 0 Å². The number of nitrogens with one attached hydrogen (secondary N) is 1. The van der Waals surface area contributed by atoms with Crippen molar-refractivity contribution in [3.8, 4) is 0 Å².